The molecule has 7 heteroatoms. The smallest absolute Gasteiger partial charge is 0.233 e. The average molecular weight is 314 g/mol. The van der Waals surface area contributed by atoms with Crippen molar-refractivity contribution in [2.45, 2.75) is 31.8 Å². The number of nitrogens with zero attached hydrogens (tertiary/aromatic N) is 3. The highest BCUT2D eigenvalue weighted by Crippen LogP contribution is 2.18. The fourth-order valence-corrected chi connectivity index (χ4v) is 2.42. The zero-order valence-corrected chi connectivity index (χ0v) is 12.9. The highest BCUT2D eigenvalue weighted by atomic mass is 35.5. The molecular weight excluding hydrogens is 294 g/mol. The molecule has 0 radical (unpaired) electrons. The number of halogens is 1. The van der Waals surface area contributed by atoms with E-state index < -0.39 is 0 Å². The van der Waals surface area contributed by atoms with Crippen LogP contribution in [0, 0.1) is 0 Å². The van der Waals surface area contributed by atoms with Gasteiger partial charge in [-0.3, -0.25) is 4.79 Å². The first kappa shape index (κ1) is 15.8. The van der Waals surface area contributed by atoms with Crippen molar-refractivity contribution in [3.8, 4) is 11.8 Å². The lowest BCUT2D eigenvalue weighted by Gasteiger charge is -2.32. The maximum absolute atomic E-state index is 12.0. The molecule has 1 aliphatic heterocycles. The van der Waals surface area contributed by atoms with E-state index in [1.807, 2.05) is 4.90 Å². The number of carbonyl (C=O) groups excluding carboxylic acids is 1. The van der Waals surface area contributed by atoms with E-state index in [0.29, 0.717) is 37.0 Å². The summed E-state index contributed by atoms with van der Waals surface area (Å²) < 4.78 is 10.7. The van der Waals surface area contributed by atoms with Gasteiger partial charge in [-0.05, 0) is 19.3 Å². The lowest BCUT2D eigenvalue weighted by Crippen LogP contribution is -2.44. The molecule has 2 rings (SSSR count). The lowest BCUT2D eigenvalue weighted by atomic mass is 10.1. The van der Waals surface area contributed by atoms with Gasteiger partial charge in [0.25, 0.3) is 0 Å². The van der Waals surface area contributed by atoms with Crippen molar-refractivity contribution in [2.24, 2.45) is 0 Å². The van der Waals surface area contributed by atoms with Gasteiger partial charge in [0.05, 0.1) is 13.7 Å². The molecule has 21 heavy (non-hydrogen) atoms. The largest absolute Gasteiger partial charge is 0.480 e. The van der Waals surface area contributed by atoms with Crippen LogP contribution in [0.1, 0.15) is 25.7 Å². The number of methoxy groups -OCH3 is 1. The predicted octanol–water partition coefficient (Wildman–Crippen LogP) is 1.87. The Bertz CT molecular complexity index is 455. The van der Waals surface area contributed by atoms with E-state index in [1.54, 1.807) is 12.1 Å². The van der Waals surface area contributed by atoms with Crippen LogP contribution in [0.2, 0.25) is 0 Å². The number of rotatable bonds is 6. The van der Waals surface area contributed by atoms with Crippen LogP contribution in [0.25, 0.3) is 0 Å². The van der Waals surface area contributed by atoms with Crippen molar-refractivity contribution in [3.05, 3.63) is 12.1 Å². The maximum Gasteiger partial charge on any atom is 0.233 e. The Hall–Kier alpha value is -1.56. The molecule has 1 saturated heterocycles. The third-order valence-corrected chi connectivity index (χ3v) is 3.63. The van der Waals surface area contributed by atoms with Crippen LogP contribution in [0.3, 0.4) is 0 Å². The topological polar surface area (TPSA) is 64.6 Å². The van der Waals surface area contributed by atoms with E-state index in [0.717, 1.165) is 19.4 Å². The molecule has 1 amide bonds. The highest BCUT2D eigenvalue weighted by molar-refractivity contribution is 6.17. The summed E-state index contributed by atoms with van der Waals surface area (Å²) in [5.41, 5.74) is 0. The Kier molecular flexibility index (Phi) is 6.04. The van der Waals surface area contributed by atoms with Crippen LogP contribution in [0.15, 0.2) is 12.1 Å². The molecule has 1 atom stereocenters. The molecule has 0 bridgehead atoms. The molecule has 6 nitrogen and oxygen atoms in total. The van der Waals surface area contributed by atoms with Gasteiger partial charge >= 0.3 is 0 Å². The minimum atomic E-state index is -0.0404. The second kappa shape index (κ2) is 8.02. The maximum atomic E-state index is 12.0. The molecule has 0 spiro atoms. The molecule has 2 heterocycles. The van der Waals surface area contributed by atoms with Crippen molar-refractivity contribution in [3.63, 3.8) is 0 Å². The summed E-state index contributed by atoms with van der Waals surface area (Å²) in [7, 11) is 1.54. The molecule has 116 valence electrons. The Labute approximate surface area is 129 Å². The summed E-state index contributed by atoms with van der Waals surface area (Å²) in [6.45, 7) is 1.38. The second-order valence-electron chi connectivity index (χ2n) is 4.93. The standard InChI is InChI=1S/C14H20ClN3O3/c1-20-12-6-7-13(17-16-12)21-11-4-3-9-18(10-11)14(19)5-2-8-15/h6-7,11H,2-5,8-10H2,1H3. The van der Waals surface area contributed by atoms with Gasteiger partial charge in [0.15, 0.2) is 0 Å². The minimum absolute atomic E-state index is 0.0404. The molecule has 1 fully saturated rings. The molecular formula is C14H20ClN3O3. The molecule has 0 saturated carbocycles. The number of ether oxygens (including phenoxy) is 2. The number of piperidine rings is 1. The molecule has 1 unspecified atom stereocenters. The summed E-state index contributed by atoms with van der Waals surface area (Å²) in [5.74, 6) is 1.56. The zero-order chi connectivity index (χ0) is 15.1. The SMILES string of the molecule is COc1ccc(OC2CCCN(C(=O)CCCCl)C2)nn1. The molecule has 0 N–H and O–H groups in total. The molecule has 1 aromatic rings. The predicted molar refractivity (Wildman–Crippen MR) is 78.8 cm³/mol. The second-order valence-corrected chi connectivity index (χ2v) is 5.31. The fourth-order valence-electron chi connectivity index (χ4n) is 2.29. The quantitative estimate of drug-likeness (QED) is 0.750. The molecule has 1 aromatic heterocycles. The van der Waals surface area contributed by atoms with E-state index in [4.69, 9.17) is 21.1 Å². The summed E-state index contributed by atoms with van der Waals surface area (Å²) in [6, 6.07) is 3.43. The van der Waals surface area contributed by atoms with Gasteiger partial charge in [0, 0.05) is 31.0 Å². The Morgan fingerprint density at radius 3 is 2.86 bits per heavy atom. The Balaban J connectivity index is 1.86. The van der Waals surface area contributed by atoms with Gasteiger partial charge in [-0.2, -0.15) is 0 Å². The Morgan fingerprint density at radius 2 is 2.19 bits per heavy atom. The van der Waals surface area contributed by atoms with Crippen molar-refractivity contribution in [1.29, 1.82) is 0 Å². The first-order valence-corrected chi connectivity index (χ1v) is 7.64. The number of likely N-dealkylation sites (tertiary alicyclic amines) is 1. The first-order valence-electron chi connectivity index (χ1n) is 7.11. The average Bonchev–Trinajstić information content (AvgIpc) is 2.53. The van der Waals surface area contributed by atoms with Gasteiger partial charge in [-0.15, -0.1) is 21.8 Å². The van der Waals surface area contributed by atoms with Gasteiger partial charge in [-0.1, -0.05) is 0 Å². The number of alkyl halides is 1. The van der Waals surface area contributed by atoms with Crippen molar-refractivity contribution >= 4 is 17.5 Å². The lowest BCUT2D eigenvalue weighted by molar-refractivity contribution is -0.133. The number of hydrogen-bond acceptors (Lipinski definition) is 5. The van der Waals surface area contributed by atoms with E-state index in [2.05, 4.69) is 10.2 Å². The van der Waals surface area contributed by atoms with Crippen LogP contribution in [-0.4, -0.2) is 53.2 Å². The van der Waals surface area contributed by atoms with Crippen LogP contribution >= 0.6 is 11.6 Å². The first-order chi connectivity index (χ1) is 10.2. The van der Waals surface area contributed by atoms with Gasteiger partial charge in [0.1, 0.15) is 6.10 Å². The van der Waals surface area contributed by atoms with Crippen LogP contribution in [-0.2, 0) is 4.79 Å². The minimum Gasteiger partial charge on any atom is -0.480 e. The van der Waals surface area contributed by atoms with E-state index >= 15 is 0 Å². The van der Waals surface area contributed by atoms with Crippen LogP contribution in [0.5, 0.6) is 11.8 Å². The number of aromatic nitrogens is 2. The fraction of sp³-hybridized carbons (Fsp3) is 0.643. The summed E-state index contributed by atoms with van der Waals surface area (Å²) in [4.78, 5) is 13.9. The number of carbonyl (C=O) groups is 1. The van der Waals surface area contributed by atoms with Gasteiger partial charge in [-0.25, -0.2) is 0 Å². The number of amides is 1. The van der Waals surface area contributed by atoms with E-state index in [-0.39, 0.29) is 12.0 Å². The van der Waals surface area contributed by atoms with E-state index in [9.17, 15) is 4.79 Å². The normalized spacial score (nSPS) is 18.4. The zero-order valence-electron chi connectivity index (χ0n) is 12.1. The van der Waals surface area contributed by atoms with Crippen molar-refractivity contribution in [2.75, 3.05) is 26.1 Å². The van der Waals surface area contributed by atoms with Gasteiger partial charge in [0.2, 0.25) is 17.7 Å². The third kappa shape index (κ3) is 4.74. The van der Waals surface area contributed by atoms with Crippen LogP contribution < -0.4 is 9.47 Å². The van der Waals surface area contributed by atoms with Crippen molar-refractivity contribution in [1.82, 2.24) is 15.1 Å². The summed E-state index contributed by atoms with van der Waals surface area (Å²) in [5, 5.41) is 7.81. The van der Waals surface area contributed by atoms with E-state index in [1.165, 1.54) is 7.11 Å². The number of hydrogen-bond donors (Lipinski definition) is 0. The Morgan fingerprint density at radius 1 is 1.43 bits per heavy atom. The molecule has 0 aliphatic carbocycles. The van der Waals surface area contributed by atoms with Crippen molar-refractivity contribution < 1.29 is 14.3 Å². The monoisotopic (exact) mass is 313 g/mol. The summed E-state index contributed by atoms with van der Waals surface area (Å²) >= 11 is 5.62. The molecule has 0 aromatic carbocycles. The molecule has 1 aliphatic rings. The summed E-state index contributed by atoms with van der Waals surface area (Å²) in [6.07, 6.45) is 3.01. The highest BCUT2D eigenvalue weighted by Gasteiger charge is 2.24. The van der Waals surface area contributed by atoms with Crippen LogP contribution in [0.4, 0.5) is 0 Å². The van der Waals surface area contributed by atoms with Gasteiger partial charge < -0.3 is 14.4 Å². The third-order valence-electron chi connectivity index (χ3n) is 3.37.